The van der Waals surface area contributed by atoms with Gasteiger partial charge in [-0.15, -0.1) is 0 Å². The molecule has 6 heteroatoms. The monoisotopic (exact) mass is 236 g/mol. The van der Waals surface area contributed by atoms with E-state index in [0.29, 0.717) is 30.9 Å². The molecule has 6 nitrogen and oxygen atoms in total. The molecule has 1 fully saturated rings. The number of aromatic nitrogens is 1. The van der Waals surface area contributed by atoms with Gasteiger partial charge in [0.15, 0.2) is 0 Å². The van der Waals surface area contributed by atoms with Crippen LogP contribution >= 0.6 is 0 Å². The van der Waals surface area contributed by atoms with Crippen molar-refractivity contribution < 1.29 is 9.59 Å². The van der Waals surface area contributed by atoms with Gasteiger partial charge in [-0.05, 0) is 12.5 Å². The van der Waals surface area contributed by atoms with E-state index < -0.39 is 0 Å². The number of carbonyl (C=O) groups excluding carboxylic acids is 2. The molecule has 2 rings (SSSR count). The van der Waals surface area contributed by atoms with Crippen LogP contribution in [0.3, 0.4) is 0 Å². The van der Waals surface area contributed by atoms with E-state index in [9.17, 15) is 9.59 Å². The highest BCUT2D eigenvalue weighted by Gasteiger charge is 2.32. The minimum atomic E-state index is -0.388. The lowest BCUT2D eigenvalue weighted by Crippen LogP contribution is -2.56. The fourth-order valence-corrected chi connectivity index (χ4v) is 2.05. The molecule has 1 unspecified atom stereocenters. The van der Waals surface area contributed by atoms with E-state index in [4.69, 9.17) is 5.73 Å². The molecule has 1 saturated heterocycles. The molecule has 1 aliphatic rings. The highest BCUT2D eigenvalue weighted by molar-refractivity contribution is 5.97. The van der Waals surface area contributed by atoms with Crippen LogP contribution in [0.5, 0.6) is 0 Å². The maximum atomic E-state index is 12.2. The fourth-order valence-electron chi connectivity index (χ4n) is 2.05. The maximum absolute atomic E-state index is 12.2. The van der Waals surface area contributed by atoms with Crippen molar-refractivity contribution in [2.24, 2.45) is 0 Å². The molecule has 0 spiro atoms. The Hall–Kier alpha value is -1.98. The zero-order valence-electron chi connectivity index (χ0n) is 9.69. The highest BCUT2D eigenvalue weighted by atomic mass is 16.2. The van der Waals surface area contributed by atoms with Gasteiger partial charge in [0.1, 0.15) is 11.7 Å². The minimum Gasteiger partial charge on any atom is -0.397 e. The van der Waals surface area contributed by atoms with Crippen LogP contribution in [0, 0.1) is 0 Å². The molecule has 1 aliphatic heterocycles. The number of amides is 2. The Balaban J connectivity index is 2.20. The molecule has 0 aromatic carbocycles. The van der Waals surface area contributed by atoms with Crippen molar-refractivity contribution in [2.75, 3.05) is 18.8 Å². The molecular formula is C11H16N4O2. The molecule has 0 radical (unpaired) electrons. The lowest BCUT2D eigenvalue weighted by Gasteiger charge is -2.34. The third kappa shape index (κ3) is 2.11. The predicted molar refractivity (Wildman–Crippen MR) is 63.3 cm³/mol. The van der Waals surface area contributed by atoms with E-state index in [1.165, 1.54) is 0 Å². The van der Waals surface area contributed by atoms with Crippen LogP contribution in [-0.4, -0.2) is 40.8 Å². The van der Waals surface area contributed by atoms with E-state index in [1.54, 1.807) is 17.2 Å². The van der Waals surface area contributed by atoms with Gasteiger partial charge in [0.25, 0.3) is 5.91 Å². The number of hydrogen-bond acceptors (Lipinski definition) is 3. The summed E-state index contributed by atoms with van der Waals surface area (Å²) in [7, 11) is 0. The molecule has 2 heterocycles. The van der Waals surface area contributed by atoms with E-state index >= 15 is 0 Å². The minimum absolute atomic E-state index is 0.0911. The molecule has 1 aromatic rings. The zero-order chi connectivity index (χ0) is 12.4. The van der Waals surface area contributed by atoms with E-state index in [1.807, 2.05) is 6.92 Å². The Morgan fingerprint density at radius 1 is 1.65 bits per heavy atom. The summed E-state index contributed by atoms with van der Waals surface area (Å²) < 4.78 is 0. The van der Waals surface area contributed by atoms with Gasteiger partial charge in [-0.2, -0.15) is 0 Å². The molecule has 0 aliphatic carbocycles. The van der Waals surface area contributed by atoms with Gasteiger partial charge in [-0.1, -0.05) is 6.92 Å². The number of rotatable bonds is 2. The third-order valence-corrected chi connectivity index (χ3v) is 2.91. The van der Waals surface area contributed by atoms with E-state index in [-0.39, 0.29) is 17.9 Å². The lowest BCUT2D eigenvalue weighted by molar-refractivity contribution is -0.127. The van der Waals surface area contributed by atoms with Crippen molar-refractivity contribution in [3.8, 4) is 0 Å². The first kappa shape index (κ1) is 11.5. The van der Waals surface area contributed by atoms with Crippen LogP contribution in [0.4, 0.5) is 5.69 Å². The molecule has 92 valence electrons. The van der Waals surface area contributed by atoms with Crippen molar-refractivity contribution in [3.05, 3.63) is 18.0 Å². The highest BCUT2D eigenvalue weighted by Crippen LogP contribution is 2.14. The molecule has 2 amide bonds. The number of hydrogen-bond donors (Lipinski definition) is 3. The summed E-state index contributed by atoms with van der Waals surface area (Å²) >= 11 is 0. The second-order valence-electron chi connectivity index (χ2n) is 4.06. The van der Waals surface area contributed by atoms with Gasteiger partial charge in [-0.25, -0.2) is 0 Å². The second-order valence-corrected chi connectivity index (χ2v) is 4.06. The number of piperazine rings is 1. The maximum Gasteiger partial charge on any atom is 0.271 e. The van der Waals surface area contributed by atoms with Crippen LogP contribution < -0.4 is 11.1 Å². The van der Waals surface area contributed by atoms with E-state index in [0.717, 1.165) is 0 Å². The van der Waals surface area contributed by atoms with E-state index in [2.05, 4.69) is 10.3 Å². The van der Waals surface area contributed by atoms with Crippen LogP contribution in [0.2, 0.25) is 0 Å². The summed E-state index contributed by atoms with van der Waals surface area (Å²) in [6.45, 7) is 2.91. The summed E-state index contributed by atoms with van der Waals surface area (Å²) in [6.07, 6.45) is 2.17. The second kappa shape index (κ2) is 4.48. The number of nitrogen functional groups attached to an aromatic ring is 1. The smallest absolute Gasteiger partial charge is 0.271 e. The van der Waals surface area contributed by atoms with Crippen molar-refractivity contribution in [2.45, 2.75) is 19.4 Å². The molecule has 0 bridgehead atoms. The number of H-pyrrole nitrogens is 1. The average molecular weight is 236 g/mol. The Kier molecular flexibility index (Phi) is 3.03. The first-order valence-corrected chi connectivity index (χ1v) is 5.66. The Labute approximate surface area is 99.2 Å². The van der Waals surface area contributed by atoms with Crippen LogP contribution in [0.15, 0.2) is 12.3 Å². The number of nitrogens with one attached hydrogen (secondary N) is 2. The van der Waals surface area contributed by atoms with Gasteiger partial charge in [-0.3, -0.25) is 9.59 Å². The number of anilines is 1. The van der Waals surface area contributed by atoms with Crippen LogP contribution in [0.1, 0.15) is 23.8 Å². The van der Waals surface area contributed by atoms with Crippen molar-refractivity contribution in [1.82, 2.24) is 15.2 Å². The standard InChI is InChI=1S/C11H16N4O2/c1-2-9-10(16)13-3-4-15(9)11(17)8-5-7(12)6-14-8/h5-6,9,14H,2-4,12H2,1H3,(H,13,16). The molecule has 1 aromatic heterocycles. The first-order valence-electron chi connectivity index (χ1n) is 5.66. The van der Waals surface area contributed by atoms with Gasteiger partial charge in [0.05, 0.1) is 0 Å². The van der Waals surface area contributed by atoms with Crippen LogP contribution in [0.25, 0.3) is 0 Å². The van der Waals surface area contributed by atoms with Crippen molar-refractivity contribution in [1.29, 1.82) is 0 Å². The summed E-state index contributed by atoms with van der Waals surface area (Å²) in [4.78, 5) is 28.2. The summed E-state index contributed by atoms with van der Waals surface area (Å²) in [5.41, 5.74) is 6.50. The number of nitrogens with zero attached hydrogens (tertiary/aromatic N) is 1. The van der Waals surface area contributed by atoms with Crippen molar-refractivity contribution in [3.63, 3.8) is 0 Å². The molecule has 1 atom stereocenters. The van der Waals surface area contributed by atoms with Crippen molar-refractivity contribution >= 4 is 17.5 Å². The predicted octanol–water partition coefficient (Wildman–Crippen LogP) is -0.0525. The summed E-state index contributed by atoms with van der Waals surface area (Å²) in [6, 6.07) is 1.20. The quantitative estimate of drug-likeness (QED) is 0.672. The fraction of sp³-hybridized carbons (Fsp3) is 0.455. The van der Waals surface area contributed by atoms with Crippen LogP contribution in [-0.2, 0) is 4.79 Å². The van der Waals surface area contributed by atoms with Gasteiger partial charge < -0.3 is 20.9 Å². The Bertz CT molecular complexity index is 440. The lowest BCUT2D eigenvalue weighted by atomic mass is 10.1. The molecule has 4 N–H and O–H groups in total. The Morgan fingerprint density at radius 3 is 3.00 bits per heavy atom. The zero-order valence-corrected chi connectivity index (χ0v) is 9.69. The SMILES string of the molecule is CCC1C(=O)NCCN1C(=O)c1cc(N)c[nH]1. The topological polar surface area (TPSA) is 91.2 Å². The summed E-state index contributed by atoms with van der Waals surface area (Å²) in [5, 5.41) is 2.76. The number of carbonyl (C=O) groups is 2. The average Bonchev–Trinajstić information content (AvgIpc) is 2.74. The first-order chi connectivity index (χ1) is 8.13. The molecule has 17 heavy (non-hydrogen) atoms. The third-order valence-electron chi connectivity index (χ3n) is 2.91. The van der Waals surface area contributed by atoms with Gasteiger partial charge >= 0.3 is 0 Å². The molecule has 0 saturated carbocycles. The molecular weight excluding hydrogens is 220 g/mol. The largest absolute Gasteiger partial charge is 0.397 e. The summed E-state index contributed by atoms with van der Waals surface area (Å²) in [5.74, 6) is -0.268. The number of aromatic amines is 1. The normalized spacial score (nSPS) is 20.2. The number of nitrogens with two attached hydrogens (primary N) is 1. The Morgan fingerprint density at radius 2 is 2.41 bits per heavy atom. The van der Waals surface area contributed by atoms with Gasteiger partial charge in [0, 0.05) is 25.0 Å². The van der Waals surface area contributed by atoms with Gasteiger partial charge in [0.2, 0.25) is 5.91 Å².